The van der Waals surface area contributed by atoms with E-state index in [1.54, 1.807) is 6.07 Å². The summed E-state index contributed by atoms with van der Waals surface area (Å²) in [5.41, 5.74) is 5.46. The minimum absolute atomic E-state index is 0.0257. The molecule has 1 aliphatic carbocycles. The Morgan fingerprint density at radius 3 is 2.00 bits per heavy atom. The Morgan fingerprint density at radius 2 is 1.45 bits per heavy atom. The summed E-state index contributed by atoms with van der Waals surface area (Å²) in [5, 5.41) is 19.8. The Labute approximate surface area is 283 Å². The summed E-state index contributed by atoms with van der Waals surface area (Å²) in [7, 11) is 0. The van der Waals surface area contributed by atoms with E-state index in [4.69, 9.17) is 19.7 Å². The van der Waals surface area contributed by atoms with Gasteiger partial charge in [-0.2, -0.15) is 13.2 Å². The van der Waals surface area contributed by atoms with Gasteiger partial charge in [0.1, 0.15) is 5.82 Å². The topological polar surface area (TPSA) is 93.1 Å². The molecule has 2 N–H and O–H groups in total. The average molecular weight is 683 g/mol. The van der Waals surface area contributed by atoms with Gasteiger partial charge in [-0.1, -0.05) is 55.6 Å². The number of halogens is 4. The molecule has 49 heavy (non-hydrogen) atoms. The maximum atomic E-state index is 14.9. The lowest BCUT2D eigenvalue weighted by atomic mass is 9.81. The number of ether oxygens (including phenoxy) is 2. The normalized spacial score (nSPS) is 14.7. The molecule has 0 aliphatic heterocycles. The second-order valence-corrected chi connectivity index (χ2v) is 12.4. The van der Waals surface area contributed by atoms with Crippen LogP contribution in [-0.2, 0) is 38.3 Å². The molecule has 262 valence electrons. The maximum Gasteiger partial charge on any atom is 0.389 e. The Kier molecular flexibility index (Phi) is 13.3. The van der Waals surface area contributed by atoms with E-state index >= 15 is 0 Å². The number of allylic oxidation sites excluding steroid dienone is 2. The van der Waals surface area contributed by atoms with E-state index in [1.807, 2.05) is 36.4 Å². The second kappa shape index (κ2) is 17.4. The third-order valence-corrected chi connectivity index (χ3v) is 8.70. The number of carbonyl (C=O) groups is 2. The van der Waals surface area contributed by atoms with Crippen LogP contribution >= 0.6 is 0 Å². The molecule has 0 aromatic heterocycles. The van der Waals surface area contributed by atoms with Gasteiger partial charge in [-0.25, -0.2) is 14.0 Å². The van der Waals surface area contributed by atoms with Gasteiger partial charge in [-0.15, -0.1) is 0 Å². The van der Waals surface area contributed by atoms with Crippen molar-refractivity contribution in [3.63, 3.8) is 0 Å². The highest BCUT2D eigenvalue weighted by Gasteiger charge is 2.26. The largest absolute Gasteiger partial charge is 0.462 e. The van der Waals surface area contributed by atoms with E-state index in [1.165, 1.54) is 6.07 Å². The first kappa shape index (κ1) is 37.5. The first-order valence-corrected chi connectivity index (χ1v) is 16.4. The number of fused-ring (bicyclic) bond motifs is 1. The standard InChI is InChI=1S/C39H42F4O6/c1-25(23-44)37(46)48-15-12-27-17-28(13-16-49-38(47)26(2)24-45)19-34(18-27)30-8-6-29(7-9-30)31-10-11-32-20-33(36(40)22-35(32)21-31)5-3-4-14-39(41,42)43/h8,10-11,17-22,29,44-45H,1-7,9,12-16,23-24H2. The number of unbranched alkanes of at least 4 members (excludes halogenated alkanes) is 1. The number of hydrogen-bond donors (Lipinski definition) is 2. The summed E-state index contributed by atoms with van der Waals surface area (Å²) in [6, 6.07) is 15.2. The van der Waals surface area contributed by atoms with Gasteiger partial charge in [-0.05, 0) is 101 Å². The molecule has 1 aliphatic rings. The zero-order valence-corrected chi connectivity index (χ0v) is 27.4. The monoisotopic (exact) mass is 682 g/mol. The molecule has 4 rings (SSSR count). The fourth-order valence-corrected chi connectivity index (χ4v) is 5.91. The van der Waals surface area contributed by atoms with Crippen molar-refractivity contribution >= 4 is 28.3 Å². The second-order valence-electron chi connectivity index (χ2n) is 12.4. The number of esters is 2. The zero-order chi connectivity index (χ0) is 35.6. The fourth-order valence-electron chi connectivity index (χ4n) is 5.91. The summed E-state index contributed by atoms with van der Waals surface area (Å²) in [4.78, 5) is 23.9. The van der Waals surface area contributed by atoms with Crippen LogP contribution in [0.3, 0.4) is 0 Å². The molecule has 0 bridgehead atoms. The van der Waals surface area contributed by atoms with Gasteiger partial charge < -0.3 is 19.7 Å². The molecule has 0 spiro atoms. The van der Waals surface area contributed by atoms with Crippen molar-refractivity contribution < 1.29 is 46.8 Å². The maximum absolute atomic E-state index is 14.9. The van der Waals surface area contributed by atoms with E-state index in [-0.39, 0.29) is 49.5 Å². The minimum atomic E-state index is -4.20. The smallest absolute Gasteiger partial charge is 0.389 e. The Hall–Kier alpha value is -4.28. The van der Waals surface area contributed by atoms with Crippen molar-refractivity contribution in [3.8, 4) is 0 Å². The fraction of sp³-hybridized carbons (Fsp3) is 0.385. The van der Waals surface area contributed by atoms with Crippen LogP contribution in [0, 0.1) is 5.82 Å². The molecule has 1 atom stereocenters. The van der Waals surface area contributed by atoms with Gasteiger partial charge in [0.25, 0.3) is 0 Å². The molecule has 3 aromatic carbocycles. The van der Waals surface area contributed by atoms with Crippen LogP contribution in [0.2, 0.25) is 0 Å². The summed E-state index contributed by atoms with van der Waals surface area (Å²) >= 11 is 0. The Bertz CT molecular complexity index is 1660. The van der Waals surface area contributed by atoms with Crippen molar-refractivity contribution in [1.29, 1.82) is 0 Å². The van der Waals surface area contributed by atoms with Gasteiger partial charge in [0.2, 0.25) is 0 Å². The van der Waals surface area contributed by atoms with E-state index in [2.05, 4.69) is 19.2 Å². The average Bonchev–Trinajstić information content (AvgIpc) is 3.08. The van der Waals surface area contributed by atoms with E-state index < -0.39 is 43.6 Å². The summed E-state index contributed by atoms with van der Waals surface area (Å²) < 4.78 is 62.8. The molecular formula is C39H42F4O6. The van der Waals surface area contributed by atoms with Crippen LogP contribution in [0.25, 0.3) is 16.3 Å². The molecule has 1 unspecified atom stereocenters. The lowest BCUT2D eigenvalue weighted by Crippen LogP contribution is -2.13. The Balaban J connectivity index is 1.46. The number of aryl methyl sites for hydroxylation is 1. The molecule has 0 heterocycles. The third-order valence-electron chi connectivity index (χ3n) is 8.70. The molecule has 0 radical (unpaired) electrons. The van der Waals surface area contributed by atoms with Gasteiger partial charge in [0.15, 0.2) is 0 Å². The Morgan fingerprint density at radius 1 is 0.816 bits per heavy atom. The highest BCUT2D eigenvalue weighted by molar-refractivity contribution is 5.88. The molecule has 3 aromatic rings. The van der Waals surface area contributed by atoms with Gasteiger partial charge in [-0.3, -0.25) is 0 Å². The van der Waals surface area contributed by atoms with E-state index in [0.29, 0.717) is 18.4 Å². The van der Waals surface area contributed by atoms with Crippen LogP contribution in [0.4, 0.5) is 17.6 Å². The van der Waals surface area contributed by atoms with Crippen LogP contribution in [0.15, 0.2) is 78.9 Å². The highest BCUT2D eigenvalue weighted by atomic mass is 19.4. The number of aliphatic hydroxyl groups excluding tert-OH is 2. The molecule has 0 fully saturated rings. The summed E-state index contributed by atoms with van der Waals surface area (Å²) in [5.74, 6) is -1.50. The van der Waals surface area contributed by atoms with Gasteiger partial charge in [0, 0.05) is 19.3 Å². The van der Waals surface area contributed by atoms with Crippen molar-refractivity contribution in [1.82, 2.24) is 0 Å². The van der Waals surface area contributed by atoms with Crippen LogP contribution in [0.1, 0.15) is 72.3 Å². The first-order valence-electron chi connectivity index (χ1n) is 16.4. The number of benzene rings is 3. The minimum Gasteiger partial charge on any atom is -0.462 e. The zero-order valence-electron chi connectivity index (χ0n) is 27.4. The molecule has 10 heteroatoms. The molecule has 0 saturated carbocycles. The SMILES string of the molecule is C=C(CO)C(=O)OCCc1cc(CCOC(=O)C(=C)CO)cc(C2=CCC(c3ccc4cc(CCCCC(F)(F)F)c(F)cc4c3)CC2)c1. The van der Waals surface area contributed by atoms with Crippen molar-refractivity contribution in [3.05, 3.63) is 113 Å². The third kappa shape index (κ3) is 11.1. The molecule has 6 nitrogen and oxygen atoms in total. The van der Waals surface area contributed by atoms with Crippen molar-refractivity contribution in [2.75, 3.05) is 26.4 Å². The molecule has 0 saturated heterocycles. The van der Waals surface area contributed by atoms with Crippen LogP contribution < -0.4 is 0 Å². The number of alkyl halides is 3. The number of hydrogen-bond acceptors (Lipinski definition) is 6. The summed E-state index contributed by atoms with van der Waals surface area (Å²) in [6.07, 6.45) is 0.878. The van der Waals surface area contributed by atoms with E-state index in [0.717, 1.165) is 57.9 Å². The van der Waals surface area contributed by atoms with Gasteiger partial charge in [0.05, 0.1) is 37.6 Å². The molecule has 0 amide bonds. The predicted octanol–water partition coefficient (Wildman–Crippen LogP) is 7.87. The highest BCUT2D eigenvalue weighted by Crippen LogP contribution is 2.38. The van der Waals surface area contributed by atoms with Crippen molar-refractivity contribution in [2.45, 2.75) is 69.9 Å². The predicted molar refractivity (Wildman–Crippen MR) is 180 cm³/mol. The number of rotatable bonds is 16. The quantitative estimate of drug-likeness (QED) is 0.0692. The summed E-state index contributed by atoms with van der Waals surface area (Å²) in [6.45, 7) is 6.18. The van der Waals surface area contributed by atoms with Crippen LogP contribution in [-0.4, -0.2) is 54.8 Å². The first-order chi connectivity index (χ1) is 23.4. The number of carbonyl (C=O) groups excluding carboxylic acids is 2. The van der Waals surface area contributed by atoms with Crippen LogP contribution in [0.5, 0.6) is 0 Å². The van der Waals surface area contributed by atoms with E-state index in [9.17, 15) is 27.2 Å². The lowest BCUT2D eigenvalue weighted by Gasteiger charge is -2.24. The van der Waals surface area contributed by atoms with Crippen molar-refractivity contribution in [2.24, 2.45) is 0 Å². The number of aliphatic hydroxyl groups is 2. The lowest BCUT2D eigenvalue weighted by molar-refractivity contribution is -0.140. The van der Waals surface area contributed by atoms with Gasteiger partial charge >= 0.3 is 18.1 Å². The molecular weight excluding hydrogens is 640 g/mol.